The average Bonchev–Trinajstić information content (AvgIpc) is 2.57. The van der Waals surface area contributed by atoms with Crippen LogP contribution in [0.1, 0.15) is 24.0 Å². The van der Waals surface area contributed by atoms with Gasteiger partial charge in [-0.1, -0.05) is 22.8 Å². The van der Waals surface area contributed by atoms with Gasteiger partial charge in [0, 0.05) is 35.9 Å². The molecule has 1 fully saturated rings. The molecule has 0 aliphatic carbocycles. The lowest BCUT2D eigenvalue weighted by atomic mass is 9.97. The van der Waals surface area contributed by atoms with E-state index in [4.69, 9.17) is 28.3 Å². The normalized spacial score (nSPS) is 15.9. The molecule has 0 bridgehead atoms. The average molecular weight is 360 g/mol. The number of rotatable bonds is 3. The number of nitrogen functional groups attached to an aromatic ring is 1. The van der Waals surface area contributed by atoms with Gasteiger partial charge in [-0.3, -0.25) is 0 Å². The number of nitrogens with zero attached hydrogens (tertiary/aromatic N) is 3. The van der Waals surface area contributed by atoms with Crippen molar-refractivity contribution in [2.45, 2.75) is 25.8 Å². The number of piperidine rings is 1. The SMILES string of the molecule is Cc1cc(Cl)cc(-c2cnc(N)c(/C=N\O)c2N2CCC(N)CC2)c1. The van der Waals surface area contributed by atoms with E-state index < -0.39 is 0 Å². The van der Waals surface area contributed by atoms with Crippen LogP contribution in [0.25, 0.3) is 11.1 Å². The Bertz CT molecular complexity index is 780. The molecule has 0 spiro atoms. The Morgan fingerprint density at radius 2 is 2.04 bits per heavy atom. The Morgan fingerprint density at radius 3 is 2.68 bits per heavy atom. The molecule has 1 aliphatic rings. The fourth-order valence-corrected chi connectivity index (χ4v) is 3.57. The van der Waals surface area contributed by atoms with Crippen molar-refractivity contribution in [2.75, 3.05) is 23.7 Å². The highest BCUT2D eigenvalue weighted by atomic mass is 35.5. The molecule has 3 rings (SSSR count). The number of aromatic nitrogens is 1. The first-order chi connectivity index (χ1) is 12.0. The Balaban J connectivity index is 2.19. The van der Waals surface area contributed by atoms with Gasteiger partial charge in [-0.25, -0.2) is 4.98 Å². The Morgan fingerprint density at radius 1 is 1.32 bits per heavy atom. The number of hydrogen-bond donors (Lipinski definition) is 3. The molecule has 2 aromatic rings. The predicted octanol–water partition coefficient (Wildman–Crippen LogP) is 3.03. The van der Waals surface area contributed by atoms with E-state index in [1.54, 1.807) is 6.20 Å². The van der Waals surface area contributed by atoms with E-state index in [2.05, 4.69) is 21.1 Å². The van der Waals surface area contributed by atoms with Crippen molar-refractivity contribution in [1.82, 2.24) is 4.98 Å². The molecule has 0 unspecified atom stereocenters. The fourth-order valence-electron chi connectivity index (χ4n) is 3.28. The van der Waals surface area contributed by atoms with Crippen LogP contribution >= 0.6 is 11.6 Å². The molecule has 0 radical (unpaired) electrons. The van der Waals surface area contributed by atoms with Crippen LogP contribution in [0.5, 0.6) is 0 Å². The van der Waals surface area contributed by atoms with E-state index in [0.717, 1.165) is 48.3 Å². The van der Waals surface area contributed by atoms with Crippen LogP contribution < -0.4 is 16.4 Å². The molecule has 132 valence electrons. The summed E-state index contributed by atoms with van der Waals surface area (Å²) in [5.41, 5.74) is 16.5. The Kier molecular flexibility index (Phi) is 5.11. The van der Waals surface area contributed by atoms with E-state index in [-0.39, 0.29) is 6.04 Å². The molecule has 0 amide bonds. The van der Waals surface area contributed by atoms with Gasteiger partial charge in [0.15, 0.2) is 0 Å². The number of anilines is 2. The highest BCUT2D eigenvalue weighted by molar-refractivity contribution is 6.31. The summed E-state index contributed by atoms with van der Waals surface area (Å²) in [5, 5.41) is 12.9. The molecule has 1 aromatic carbocycles. The third-order valence-corrected chi connectivity index (χ3v) is 4.73. The number of pyridine rings is 1. The number of nitrogens with two attached hydrogens (primary N) is 2. The second kappa shape index (κ2) is 7.29. The third-order valence-electron chi connectivity index (χ3n) is 4.51. The maximum absolute atomic E-state index is 9.09. The summed E-state index contributed by atoms with van der Waals surface area (Å²) in [6, 6.07) is 6.08. The molecule has 1 aliphatic heterocycles. The number of aryl methyl sites for hydroxylation is 1. The van der Waals surface area contributed by atoms with Crippen molar-refractivity contribution in [3.63, 3.8) is 0 Å². The summed E-state index contributed by atoms with van der Waals surface area (Å²) in [5.74, 6) is 0.324. The maximum atomic E-state index is 9.09. The summed E-state index contributed by atoms with van der Waals surface area (Å²) in [4.78, 5) is 6.51. The standard InChI is InChI=1S/C18H22ClN5O/c1-11-6-12(8-13(19)7-11)15-9-22-18(21)16(10-23-25)17(15)24-4-2-14(20)3-5-24/h6-10,14,25H,2-5,20H2,1H3,(H2,21,22)/b23-10-. The van der Waals surface area contributed by atoms with E-state index >= 15 is 0 Å². The molecule has 1 saturated heterocycles. The number of hydrogen-bond acceptors (Lipinski definition) is 6. The molecule has 25 heavy (non-hydrogen) atoms. The van der Waals surface area contributed by atoms with Crippen LogP contribution in [0.15, 0.2) is 29.6 Å². The van der Waals surface area contributed by atoms with Gasteiger partial charge in [-0.05, 0) is 43.0 Å². The first-order valence-corrected chi connectivity index (χ1v) is 8.61. The molecule has 2 heterocycles. The smallest absolute Gasteiger partial charge is 0.134 e. The minimum Gasteiger partial charge on any atom is -0.411 e. The van der Waals surface area contributed by atoms with E-state index in [0.29, 0.717) is 16.4 Å². The van der Waals surface area contributed by atoms with Crippen LogP contribution in [0, 0.1) is 6.92 Å². The molecule has 5 N–H and O–H groups in total. The van der Waals surface area contributed by atoms with Crippen LogP contribution in [0.4, 0.5) is 11.5 Å². The molecule has 0 saturated carbocycles. The highest BCUT2D eigenvalue weighted by Crippen LogP contribution is 2.37. The Labute approximate surface area is 152 Å². The molecular formula is C18H22ClN5O. The Hall–Kier alpha value is -2.31. The summed E-state index contributed by atoms with van der Waals surface area (Å²) in [6.07, 6.45) is 4.88. The van der Waals surface area contributed by atoms with Gasteiger partial charge < -0.3 is 21.6 Å². The van der Waals surface area contributed by atoms with Gasteiger partial charge in [0.1, 0.15) is 5.82 Å². The van der Waals surface area contributed by atoms with Crippen molar-refractivity contribution in [1.29, 1.82) is 0 Å². The van der Waals surface area contributed by atoms with Crippen LogP contribution in [0.3, 0.4) is 0 Å². The van der Waals surface area contributed by atoms with Gasteiger partial charge >= 0.3 is 0 Å². The van der Waals surface area contributed by atoms with Gasteiger partial charge in [-0.2, -0.15) is 0 Å². The van der Waals surface area contributed by atoms with Crippen molar-refractivity contribution >= 4 is 29.3 Å². The van der Waals surface area contributed by atoms with Gasteiger partial charge in [-0.15, -0.1) is 0 Å². The summed E-state index contributed by atoms with van der Waals surface area (Å²) in [7, 11) is 0. The van der Waals surface area contributed by atoms with Crippen LogP contribution in [0.2, 0.25) is 5.02 Å². The first-order valence-electron chi connectivity index (χ1n) is 8.23. The highest BCUT2D eigenvalue weighted by Gasteiger charge is 2.23. The lowest BCUT2D eigenvalue weighted by Gasteiger charge is -2.34. The maximum Gasteiger partial charge on any atom is 0.134 e. The van der Waals surface area contributed by atoms with Crippen LogP contribution in [-0.4, -0.2) is 35.5 Å². The zero-order valence-corrected chi connectivity index (χ0v) is 14.9. The molecule has 6 nitrogen and oxygen atoms in total. The minimum atomic E-state index is 0.210. The predicted molar refractivity (Wildman–Crippen MR) is 103 cm³/mol. The zero-order chi connectivity index (χ0) is 18.0. The summed E-state index contributed by atoms with van der Waals surface area (Å²) in [6.45, 7) is 3.61. The quantitative estimate of drug-likeness (QED) is 0.444. The van der Waals surface area contributed by atoms with E-state index in [1.807, 2.05) is 19.1 Å². The number of oxime groups is 1. The lowest BCUT2D eigenvalue weighted by Crippen LogP contribution is -2.40. The lowest BCUT2D eigenvalue weighted by molar-refractivity contribution is 0.322. The second-order valence-electron chi connectivity index (χ2n) is 6.41. The topological polar surface area (TPSA) is 101 Å². The van der Waals surface area contributed by atoms with Crippen molar-refractivity contribution < 1.29 is 5.21 Å². The van der Waals surface area contributed by atoms with E-state index in [1.165, 1.54) is 6.21 Å². The largest absolute Gasteiger partial charge is 0.411 e. The molecule has 0 atom stereocenters. The van der Waals surface area contributed by atoms with Crippen molar-refractivity contribution in [2.24, 2.45) is 10.9 Å². The second-order valence-corrected chi connectivity index (χ2v) is 6.84. The number of halogens is 1. The van der Waals surface area contributed by atoms with Crippen LogP contribution in [-0.2, 0) is 0 Å². The van der Waals surface area contributed by atoms with Crippen molar-refractivity contribution in [3.8, 4) is 11.1 Å². The third kappa shape index (κ3) is 3.70. The van der Waals surface area contributed by atoms with Gasteiger partial charge in [0.25, 0.3) is 0 Å². The van der Waals surface area contributed by atoms with Gasteiger partial charge in [0.05, 0.1) is 17.5 Å². The van der Waals surface area contributed by atoms with Gasteiger partial charge in [0.2, 0.25) is 0 Å². The zero-order valence-electron chi connectivity index (χ0n) is 14.1. The minimum absolute atomic E-state index is 0.210. The summed E-state index contributed by atoms with van der Waals surface area (Å²) >= 11 is 6.25. The molecule has 1 aromatic heterocycles. The first kappa shape index (κ1) is 17.5. The molecular weight excluding hydrogens is 338 g/mol. The fraction of sp³-hybridized carbons (Fsp3) is 0.333. The summed E-state index contributed by atoms with van der Waals surface area (Å²) < 4.78 is 0. The monoisotopic (exact) mass is 359 g/mol. The molecule has 7 heteroatoms. The van der Waals surface area contributed by atoms with Crippen molar-refractivity contribution in [3.05, 3.63) is 40.5 Å². The van der Waals surface area contributed by atoms with E-state index in [9.17, 15) is 0 Å². The number of benzene rings is 1.